The predicted molar refractivity (Wildman–Crippen MR) is 118 cm³/mol. The molecule has 0 aromatic rings. The molecule has 0 amide bonds. The van der Waals surface area contributed by atoms with Crippen molar-refractivity contribution in [2.75, 3.05) is 38.2 Å². The average Bonchev–Trinajstić information content (AvgIpc) is 2.62. The summed E-state index contributed by atoms with van der Waals surface area (Å²) < 4.78 is 1.35. The third-order valence-corrected chi connectivity index (χ3v) is 7.04. The molecule has 0 bridgehead atoms. The molecule has 1 nitrogen and oxygen atoms in total. The van der Waals surface area contributed by atoms with E-state index in [1.54, 1.807) is 0 Å². The van der Waals surface area contributed by atoms with Crippen LogP contribution < -0.4 is 24.0 Å². The summed E-state index contributed by atoms with van der Waals surface area (Å²) in [6.45, 7) is 6.54. The van der Waals surface area contributed by atoms with Crippen LogP contribution in [0.15, 0.2) is 0 Å². The molecule has 1 aliphatic heterocycles. The molecule has 0 aromatic carbocycles. The second kappa shape index (κ2) is 19.4. The van der Waals surface area contributed by atoms with E-state index in [0.717, 1.165) is 0 Å². The molecule has 1 saturated heterocycles. The third-order valence-electron chi connectivity index (χ3n) is 6.10. The number of rotatable bonds is 17. The fourth-order valence-electron chi connectivity index (χ4n) is 4.05. The second-order valence-electron chi connectivity index (χ2n) is 8.71. The summed E-state index contributed by atoms with van der Waals surface area (Å²) in [5, 5.41) is 0. The number of halogens is 1. The minimum atomic E-state index is 0. The Labute approximate surface area is 187 Å². The summed E-state index contributed by atoms with van der Waals surface area (Å²) in [5.41, 5.74) is 0. The summed E-state index contributed by atoms with van der Waals surface area (Å²) in [7, 11) is 2.48. The van der Waals surface area contributed by atoms with E-state index in [1.165, 1.54) is 138 Å². The fourth-order valence-corrected chi connectivity index (χ4v) is 5.39. The van der Waals surface area contributed by atoms with Gasteiger partial charge in [0.05, 0.1) is 26.7 Å². The normalized spacial score (nSPS) is 16.4. The van der Waals surface area contributed by atoms with Crippen molar-refractivity contribution in [3.8, 4) is 0 Å². The molecule has 1 heterocycles. The summed E-state index contributed by atoms with van der Waals surface area (Å²) >= 11 is 2.15. The molecular formula is C23H48INS. The Hall–Kier alpha value is 1.04. The van der Waals surface area contributed by atoms with E-state index >= 15 is 0 Å². The van der Waals surface area contributed by atoms with Gasteiger partial charge >= 0.3 is 0 Å². The zero-order valence-electron chi connectivity index (χ0n) is 18.1. The molecule has 0 spiro atoms. The molecule has 1 rings (SSSR count). The Bertz CT molecular complexity index is 279. The zero-order chi connectivity index (χ0) is 18.1. The predicted octanol–water partition coefficient (Wildman–Crippen LogP) is 4.45. The van der Waals surface area contributed by atoms with Crippen LogP contribution in [0.1, 0.15) is 110 Å². The lowest BCUT2D eigenvalue weighted by atomic mass is 10.0. The Balaban J connectivity index is 0.00000625. The number of hydrogen-bond acceptors (Lipinski definition) is 1. The highest BCUT2D eigenvalue weighted by molar-refractivity contribution is 7.99. The van der Waals surface area contributed by atoms with Gasteiger partial charge in [-0.05, 0) is 12.8 Å². The molecule has 158 valence electrons. The van der Waals surface area contributed by atoms with Crippen molar-refractivity contribution in [3.63, 3.8) is 0 Å². The van der Waals surface area contributed by atoms with Gasteiger partial charge in [-0.25, -0.2) is 0 Å². The first-order valence-corrected chi connectivity index (χ1v) is 12.8. The van der Waals surface area contributed by atoms with Gasteiger partial charge < -0.3 is 28.5 Å². The highest BCUT2D eigenvalue weighted by Crippen LogP contribution is 2.18. The smallest absolute Gasteiger partial charge is 0.0876 e. The van der Waals surface area contributed by atoms with E-state index in [-0.39, 0.29) is 24.0 Å². The van der Waals surface area contributed by atoms with Crippen LogP contribution in [0.4, 0.5) is 0 Å². The van der Waals surface area contributed by atoms with Gasteiger partial charge in [0, 0.05) is 11.5 Å². The van der Waals surface area contributed by atoms with Crippen molar-refractivity contribution in [3.05, 3.63) is 0 Å². The van der Waals surface area contributed by atoms with E-state index in [4.69, 9.17) is 0 Å². The molecule has 3 heteroatoms. The van der Waals surface area contributed by atoms with Crippen LogP contribution in [0.2, 0.25) is 0 Å². The van der Waals surface area contributed by atoms with Crippen molar-refractivity contribution in [2.45, 2.75) is 110 Å². The highest BCUT2D eigenvalue weighted by Gasteiger charge is 2.23. The minimum absolute atomic E-state index is 0. The van der Waals surface area contributed by atoms with Crippen LogP contribution in [-0.4, -0.2) is 42.7 Å². The topological polar surface area (TPSA) is 0 Å². The Morgan fingerprint density at radius 2 is 0.923 bits per heavy atom. The Morgan fingerprint density at radius 1 is 0.577 bits per heavy atom. The molecule has 0 radical (unpaired) electrons. The van der Waals surface area contributed by atoms with Crippen molar-refractivity contribution in [1.82, 2.24) is 0 Å². The minimum Gasteiger partial charge on any atom is -1.00 e. The molecule has 0 unspecified atom stereocenters. The van der Waals surface area contributed by atoms with Crippen LogP contribution in [-0.2, 0) is 0 Å². The van der Waals surface area contributed by atoms with Crippen LogP contribution in [0, 0.1) is 0 Å². The standard InChI is InChI=1S/C23H48NS.HI/c1-3-4-5-6-7-8-9-10-11-12-13-14-15-16-17-18-19-24(2)20-22-25-23-21-24;/h3-23H2,1-2H3;1H/q+1;/p-1. The molecule has 0 aliphatic carbocycles. The summed E-state index contributed by atoms with van der Waals surface area (Å²) in [5.74, 6) is 2.77. The van der Waals surface area contributed by atoms with E-state index in [9.17, 15) is 0 Å². The molecule has 1 fully saturated rings. The van der Waals surface area contributed by atoms with Gasteiger partial charge in [-0.1, -0.05) is 96.8 Å². The first-order valence-electron chi connectivity index (χ1n) is 11.7. The maximum atomic E-state index is 2.48. The molecule has 0 aromatic heterocycles. The van der Waals surface area contributed by atoms with Crippen molar-refractivity contribution >= 4 is 11.8 Å². The monoisotopic (exact) mass is 497 g/mol. The van der Waals surface area contributed by atoms with Crippen LogP contribution in [0.3, 0.4) is 0 Å². The quantitative estimate of drug-likeness (QED) is 0.163. The Kier molecular flexibility index (Phi) is 20.1. The lowest BCUT2D eigenvalue weighted by Crippen LogP contribution is -3.00. The van der Waals surface area contributed by atoms with Gasteiger partial charge in [0.15, 0.2) is 0 Å². The molecule has 0 atom stereocenters. The van der Waals surface area contributed by atoms with Gasteiger partial charge in [0.2, 0.25) is 0 Å². The van der Waals surface area contributed by atoms with Crippen molar-refractivity contribution in [1.29, 1.82) is 0 Å². The maximum absolute atomic E-state index is 2.48. The number of quaternary nitrogens is 1. The van der Waals surface area contributed by atoms with Crippen LogP contribution in [0.25, 0.3) is 0 Å². The van der Waals surface area contributed by atoms with Gasteiger partial charge in [0.25, 0.3) is 0 Å². The van der Waals surface area contributed by atoms with E-state index in [2.05, 4.69) is 25.7 Å². The van der Waals surface area contributed by atoms with Gasteiger partial charge in [-0.3, -0.25) is 0 Å². The van der Waals surface area contributed by atoms with Crippen molar-refractivity contribution < 1.29 is 28.5 Å². The number of nitrogens with zero attached hydrogens (tertiary/aromatic N) is 1. The van der Waals surface area contributed by atoms with Gasteiger partial charge in [-0.15, -0.1) is 0 Å². The highest BCUT2D eigenvalue weighted by atomic mass is 127. The van der Waals surface area contributed by atoms with Gasteiger partial charge in [0.1, 0.15) is 0 Å². The number of hydrogen-bond donors (Lipinski definition) is 0. The molecule has 1 aliphatic rings. The van der Waals surface area contributed by atoms with Gasteiger partial charge in [-0.2, -0.15) is 11.8 Å². The molecule has 0 saturated carbocycles. The number of unbranched alkanes of at least 4 members (excludes halogenated alkanes) is 15. The lowest BCUT2D eigenvalue weighted by molar-refractivity contribution is -0.906. The molecule has 0 N–H and O–H groups in total. The van der Waals surface area contributed by atoms with E-state index in [0.29, 0.717) is 0 Å². The summed E-state index contributed by atoms with van der Waals surface area (Å²) in [6, 6.07) is 0. The molecule has 26 heavy (non-hydrogen) atoms. The van der Waals surface area contributed by atoms with E-state index < -0.39 is 0 Å². The van der Waals surface area contributed by atoms with Crippen LogP contribution >= 0.6 is 11.8 Å². The Morgan fingerprint density at radius 3 is 1.31 bits per heavy atom. The number of thioether (sulfide) groups is 1. The first-order chi connectivity index (χ1) is 12.3. The van der Waals surface area contributed by atoms with Crippen molar-refractivity contribution in [2.24, 2.45) is 0 Å². The summed E-state index contributed by atoms with van der Waals surface area (Å²) in [6.07, 6.45) is 23.5. The van der Waals surface area contributed by atoms with Crippen LogP contribution in [0.5, 0.6) is 0 Å². The average molecular weight is 498 g/mol. The zero-order valence-corrected chi connectivity index (χ0v) is 21.1. The summed E-state index contributed by atoms with van der Waals surface area (Å²) in [4.78, 5) is 0. The third kappa shape index (κ3) is 16.0. The first kappa shape index (κ1) is 27.0. The largest absolute Gasteiger partial charge is 1.00 e. The molecular weight excluding hydrogens is 449 g/mol. The fraction of sp³-hybridized carbons (Fsp3) is 1.00. The second-order valence-corrected chi connectivity index (χ2v) is 9.93. The maximum Gasteiger partial charge on any atom is 0.0876 e. The lowest BCUT2D eigenvalue weighted by Gasteiger charge is -2.37. The SMILES string of the molecule is CCCCCCCCCCCCCCCCCC[N+]1(C)CCSCC1.[I-]. The van der Waals surface area contributed by atoms with E-state index in [1.807, 2.05) is 0 Å².